The minimum Gasteiger partial charge on any atom is -0.513 e. The number of phenolic OH excluding ortho intramolecular Hbond substituents is 1. The Morgan fingerprint density at radius 3 is 2.38 bits per heavy atom. The van der Waals surface area contributed by atoms with Crippen molar-refractivity contribution in [3.05, 3.63) is 72.0 Å². The number of carbonyl (C=O) groups excluding carboxylic acids is 1. The van der Waals surface area contributed by atoms with Gasteiger partial charge in [0.05, 0.1) is 11.3 Å². The van der Waals surface area contributed by atoms with Gasteiger partial charge in [0.1, 0.15) is 5.75 Å². The molecule has 0 unspecified atom stereocenters. The summed E-state index contributed by atoms with van der Waals surface area (Å²) in [7, 11) is 0. The topological polar surface area (TPSA) is 69.6 Å². The zero-order valence-corrected chi connectivity index (χ0v) is 13.7. The number of carbonyl (C=O) groups is 1. The predicted octanol–water partition coefficient (Wildman–Crippen LogP) is 4.82. The SMILES string of the molecule is C=C(O)CCCCCc1ccc(NC(=O)c2ccccc2O)cc1. The predicted molar refractivity (Wildman–Crippen MR) is 96.4 cm³/mol. The zero-order chi connectivity index (χ0) is 17.4. The van der Waals surface area contributed by atoms with Gasteiger partial charge in [-0.1, -0.05) is 37.3 Å². The van der Waals surface area contributed by atoms with E-state index in [4.69, 9.17) is 5.11 Å². The molecule has 1 amide bonds. The fourth-order valence-corrected chi connectivity index (χ4v) is 2.45. The zero-order valence-electron chi connectivity index (χ0n) is 13.7. The van der Waals surface area contributed by atoms with Gasteiger partial charge in [-0.2, -0.15) is 0 Å². The van der Waals surface area contributed by atoms with E-state index in [1.165, 1.54) is 11.6 Å². The number of rotatable bonds is 8. The number of aromatic hydroxyl groups is 1. The molecular formula is C20H23NO3. The van der Waals surface area contributed by atoms with Gasteiger partial charge in [0.15, 0.2) is 0 Å². The largest absolute Gasteiger partial charge is 0.513 e. The second kappa shape index (κ2) is 8.77. The summed E-state index contributed by atoms with van der Waals surface area (Å²) in [6, 6.07) is 14.2. The van der Waals surface area contributed by atoms with Gasteiger partial charge in [-0.05, 0) is 49.1 Å². The van der Waals surface area contributed by atoms with Crippen LogP contribution in [0.5, 0.6) is 5.75 Å². The molecule has 0 radical (unpaired) electrons. The lowest BCUT2D eigenvalue weighted by Gasteiger charge is -2.08. The monoisotopic (exact) mass is 325 g/mol. The number of hydrogen-bond donors (Lipinski definition) is 3. The molecule has 0 aliphatic rings. The molecule has 24 heavy (non-hydrogen) atoms. The molecule has 0 fully saturated rings. The number of unbranched alkanes of at least 4 members (excludes halogenated alkanes) is 2. The van der Waals surface area contributed by atoms with Crippen LogP contribution in [0.25, 0.3) is 0 Å². The molecule has 0 aliphatic heterocycles. The van der Waals surface area contributed by atoms with Crippen molar-refractivity contribution in [3.8, 4) is 5.75 Å². The van der Waals surface area contributed by atoms with Crippen LogP contribution in [0.1, 0.15) is 41.6 Å². The lowest BCUT2D eigenvalue weighted by molar-refractivity contribution is 0.102. The Morgan fingerprint density at radius 2 is 1.71 bits per heavy atom. The van der Waals surface area contributed by atoms with Crippen LogP contribution >= 0.6 is 0 Å². The first-order valence-corrected chi connectivity index (χ1v) is 8.11. The summed E-state index contributed by atoms with van der Waals surface area (Å²) in [6.07, 6.45) is 4.68. The number of phenols is 1. The normalized spacial score (nSPS) is 10.3. The van der Waals surface area contributed by atoms with Gasteiger partial charge >= 0.3 is 0 Å². The third kappa shape index (κ3) is 5.47. The van der Waals surface area contributed by atoms with Crippen molar-refractivity contribution in [1.82, 2.24) is 0 Å². The number of allylic oxidation sites excluding steroid dienone is 1. The Labute approximate surface area is 142 Å². The highest BCUT2D eigenvalue weighted by molar-refractivity contribution is 6.06. The van der Waals surface area contributed by atoms with Crippen molar-refractivity contribution < 1.29 is 15.0 Å². The second-order valence-electron chi connectivity index (χ2n) is 5.80. The van der Waals surface area contributed by atoms with Crippen molar-refractivity contribution in [2.75, 3.05) is 5.32 Å². The smallest absolute Gasteiger partial charge is 0.259 e. The molecule has 4 nitrogen and oxygen atoms in total. The molecule has 0 saturated carbocycles. The lowest BCUT2D eigenvalue weighted by atomic mass is 10.1. The number of aliphatic hydroxyl groups is 1. The molecular weight excluding hydrogens is 302 g/mol. The van der Waals surface area contributed by atoms with Crippen LogP contribution in [0.15, 0.2) is 60.9 Å². The Bertz CT molecular complexity index is 692. The third-order valence-corrected chi connectivity index (χ3v) is 3.79. The van der Waals surface area contributed by atoms with Gasteiger partial charge in [0, 0.05) is 12.1 Å². The van der Waals surface area contributed by atoms with Crippen molar-refractivity contribution >= 4 is 11.6 Å². The Morgan fingerprint density at radius 1 is 1.00 bits per heavy atom. The average Bonchev–Trinajstić information content (AvgIpc) is 2.56. The van der Waals surface area contributed by atoms with E-state index in [-0.39, 0.29) is 23.0 Å². The molecule has 0 bridgehead atoms. The van der Waals surface area contributed by atoms with E-state index in [0.29, 0.717) is 12.1 Å². The van der Waals surface area contributed by atoms with E-state index in [0.717, 1.165) is 25.7 Å². The number of benzene rings is 2. The van der Waals surface area contributed by atoms with Crippen LogP contribution < -0.4 is 5.32 Å². The maximum absolute atomic E-state index is 12.1. The highest BCUT2D eigenvalue weighted by Crippen LogP contribution is 2.18. The van der Waals surface area contributed by atoms with Crippen LogP contribution in [-0.2, 0) is 6.42 Å². The summed E-state index contributed by atoms with van der Waals surface area (Å²) >= 11 is 0. The number of hydrogen-bond acceptors (Lipinski definition) is 3. The van der Waals surface area contributed by atoms with Gasteiger partial charge in [0.25, 0.3) is 5.91 Å². The first-order valence-electron chi connectivity index (χ1n) is 8.11. The number of anilines is 1. The standard InChI is InChI=1S/C20H23NO3/c1-15(22)7-3-2-4-8-16-11-13-17(14-12-16)21-20(24)18-9-5-6-10-19(18)23/h5-6,9-14,22-23H,1-4,7-8H2,(H,21,24). The first-order chi connectivity index (χ1) is 11.6. The van der Waals surface area contributed by atoms with E-state index >= 15 is 0 Å². The molecule has 0 atom stereocenters. The van der Waals surface area contributed by atoms with Gasteiger partial charge < -0.3 is 15.5 Å². The Kier molecular flexibility index (Phi) is 6.43. The number of para-hydroxylation sites is 1. The molecule has 2 aromatic rings. The van der Waals surface area contributed by atoms with Gasteiger partial charge in [-0.15, -0.1) is 0 Å². The Balaban J connectivity index is 1.82. The van der Waals surface area contributed by atoms with E-state index in [2.05, 4.69) is 11.9 Å². The molecule has 0 aliphatic carbocycles. The fourth-order valence-electron chi connectivity index (χ4n) is 2.45. The van der Waals surface area contributed by atoms with Crippen molar-refractivity contribution in [2.24, 2.45) is 0 Å². The summed E-state index contributed by atoms with van der Waals surface area (Å²) < 4.78 is 0. The van der Waals surface area contributed by atoms with Crippen LogP contribution in [0.3, 0.4) is 0 Å². The van der Waals surface area contributed by atoms with Crippen LogP contribution in [0, 0.1) is 0 Å². The molecule has 2 rings (SSSR count). The summed E-state index contributed by atoms with van der Waals surface area (Å²) in [6.45, 7) is 3.48. The number of amides is 1. The minimum absolute atomic E-state index is 0.0304. The summed E-state index contributed by atoms with van der Waals surface area (Å²) in [4.78, 5) is 12.1. The maximum Gasteiger partial charge on any atom is 0.259 e. The van der Waals surface area contributed by atoms with E-state index in [1.54, 1.807) is 18.2 Å². The van der Waals surface area contributed by atoms with Gasteiger partial charge in [0.2, 0.25) is 0 Å². The fraction of sp³-hybridized carbons (Fsp3) is 0.250. The van der Waals surface area contributed by atoms with Crippen molar-refractivity contribution in [2.45, 2.75) is 32.1 Å². The number of aryl methyl sites for hydroxylation is 1. The lowest BCUT2D eigenvalue weighted by Crippen LogP contribution is -2.11. The highest BCUT2D eigenvalue weighted by atomic mass is 16.3. The van der Waals surface area contributed by atoms with Gasteiger partial charge in [-0.3, -0.25) is 4.79 Å². The second-order valence-corrected chi connectivity index (χ2v) is 5.80. The molecule has 4 heteroatoms. The highest BCUT2D eigenvalue weighted by Gasteiger charge is 2.10. The molecule has 3 N–H and O–H groups in total. The summed E-state index contributed by atoms with van der Waals surface area (Å²) in [5.74, 6) is -0.109. The summed E-state index contributed by atoms with van der Waals surface area (Å²) in [5.41, 5.74) is 2.16. The third-order valence-electron chi connectivity index (χ3n) is 3.79. The molecule has 2 aromatic carbocycles. The van der Waals surface area contributed by atoms with Crippen LogP contribution in [0.2, 0.25) is 0 Å². The molecule has 0 heterocycles. The van der Waals surface area contributed by atoms with E-state index in [9.17, 15) is 9.90 Å². The van der Waals surface area contributed by atoms with Crippen LogP contribution in [0.4, 0.5) is 5.69 Å². The van der Waals surface area contributed by atoms with E-state index < -0.39 is 0 Å². The average molecular weight is 325 g/mol. The number of nitrogens with one attached hydrogen (secondary N) is 1. The quantitative estimate of drug-likeness (QED) is 0.481. The molecule has 0 saturated heterocycles. The summed E-state index contributed by atoms with van der Waals surface area (Å²) in [5, 5.41) is 21.5. The molecule has 126 valence electrons. The van der Waals surface area contributed by atoms with Crippen molar-refractivity contribution in [1.29, 1.82) is 0 Å². The maximum atomic E-state index is 12.1. The van der Waals surface area contributed by atoms with E-state index in [1.807, 2.05) is 24.3 Å². The van der Waals surface area contributed by atoms with Crippen molar-refractivity contribution in [3.63, 3.8) is 0 Å². The first kappa shape index (κ1) is 17.6. The van der Waals surface area contributed by atoms with Gasteiger partial charge in [-0.25, -0.2) is 0 Å². The minimum atomic E-state index is -0.329. The molecule has 0 spiro atoms. The number of aliphatic hydroxyl groups excluding tert-OH is 1. The molecule has 0 aromatic heterocycles. The Hall–Kier alpha value is -2.75. The van der Waals surface area contributed by atoms with Crippen LogP contribution in [-0.4, -0.2) is 16.1 Å².